The van der Waals surface area contributed by atoms with Crippen molar-refractivity contribution in [2.24, 2.45) is 5.73 Å². The predicted molar refractivity (Wildman–Crippen MR) is 111 cm³/mol. The first-order valence-electron chi connectivity index (χ1n) is 9.77. The van der Waals surface area contributed by atoms with Crippen LogP contribution in [0.5, 0.6) is 5.75 Å². The van der Waals surface area contributed by atoms with Gasteiger partial charge >= 0.3 is 0 Å². The van der Waals surface area contributed by atoms with Gasteiger partial charge in [-0.25, -0.2) is 0 Å². The molecule has 0 bridgehead atoms. The lowest BCUT2D eigenvalue weighted by atomic mass is 10.1. The van der Waals surface area contributed by atoms with Crippen molar-refractivity contribution in [3.05, 3.63) is 53.6 Å². The summed E-state index contributed by atoms with van der Waals surface area (Å²) in [4.78, 5) is 26.5. The summed E-state index contributed by atoms with van der Waals surface area (Å²) in [5.74, 6) is 0.143. The smallest absolute Gasteiger partial charge is 0.248 e. The second-order valence-corrected chi connectivity index (χ2v) is 6.95. The molecule has 0 atom stereocenters. The van der Waals surface area contributed by atoms with E-state index >= 15 is 0 Å². The van der Waals surface area contributed by atoms with Crippen LogP contribution in [-0.4, -0.2) is 31.5 Å². The lowest BCUT2D eigenvalue weighted by molar-refractivity contribution is -0.115. The van der Waals surface area contributed by atoms with Gasteiger partial charge in [0.05, 0.1) is 24.4 Å². The Balaban J connectivity index is 1.75. The summed E-state index contributed by atoms with van der Waals surface area (Å²) in [6.07, 6.45) is 3.70. The number of hydrogen-bond donors (Lipinski definition) is 2. The quantitative estimate of drug-likeness (QED) is 0.770. The van der Waals surface area contributed by atoms with E-state index in [1.807, 2.05) is 37.3 Å². The highest BCUT2D eigenvalue weighted by Gasteiger charge is 2.17. The molecule has 0 spiro atoms. The number of amides is 2. The maximum absolute atomic E-state index is 12.6. The lowest BCUT2D eigenvalue weighted by Crippen LogP contribution is -2.30. The molecule has 1 fully saturated rings. The summed E-state index contributed by atoms with van der Waals surface area (Å²) >= 11 is 0. The summed E-state index contributed by atoms with van der Waals surface area (Å²) in [7, 11) is 0. The molecule has 2 aromatic carbocycles. The highest BCUT2D eigenvalue weighted by molar-refractivity contribution is 5.99. The van der Waals surface area contributed by atoms with Crippen molar-refractivity contribution in [3.8, 4) is 5.75 Å². The predicted octanol–water partition coefficient (Wildman–Crippen LogP) is 3.36. The van der Waals surface area contributed by atoms with Crippen molar-refractivity contribution in [2.45, 2.75) is 32.6 Å². The van der Waals surface area contributed by atoms with Crippen LogP contribution in [0.4, 0.5) is 11.4 Å². The normalized spacial score (nSPS) is 13.8. The summed E-state index contributed by atoms with van der Waals surface area (Å²) < 4.78 is 5.43. The van der Waals surface area contributed by atoms with Gasteiger partial charge in [-0.05, 0) is 62.1 Å². The van der Waals surface area contributed by atoms with Gasteiger partial charge in [0.2, 0.25) is 11.8 Å². The van der Waals surface area contributed by atoms with Crippen LogP contribution in [0.1, 0.15) is 42.1 Å². The molecule has 0 radical (unpaired) electrons. The van der Waals surface area contributed by atoms with Crippen molar-refractivity contribution in [1.82, 2.24) is 0 Å². The van der Waals surface area contributed by atoms with Crippen molar-refractivity contribution >= 4 is 23.2 Å². The number of anilines is 2. The van der Waals surface area contributed by atoms with Gasteiger partial charge in [-0.2, -0.15) is 0 Å². The SMILES string of the molecule is CCOc1ccc(CC(=O)Nc2cc(C(N)=O)ccc2N2CCCCC2)cc1. The minimum atomic E-state index is -0.507. The molecule has 0 saturated carbocycles. The highest BCUT2D eigenvalue weighted by Crippen LogP contribution is 2.30. The Morgan fingerprint density at radius 3 is 2.43 bits per heavy atom. The van der Waals surface area contributed by atoms with Crippen molar-refractivity contribution < 1.29 is 14.3 Å². The van der Waals surface area contributed by atoms with Crippen LogP contribution in [0, 0.1) is 0 Å². The summed E-state index contributed by atoms with van der Waals surface area (Å²) in [6, 6.07) is 12.7. The molecule has 6 nitrogen and oxygen atoms in total. The first-order chi connectivity index (χ1) is 13.6. The highest BCUT2D eigenvalue weighted by atomic mass is 16.5. The standard InChI is InChI=1S/C22H27N3O3/c1-2-28-18-9-6-16(7-10-18)14-21(26)24-19-15-17(22(23)27)8-11-20(19)25-12-4-3-5-13-25/h6-11,15H,2-5,12-14H2,1H3,(H2,23,27)(H,24,26). The third kappa shape index (κ3) is 5.03. The molecule has 3 rings (SSSR count). The fourth-order valence-electron chi connectivity index (χ4n) is 3.45. The van der Waals surface area contributed by atoms with Gasteiger partial charge in [0.1, 0.15) is 5.75 Å². The molecule has 1 heterocycles. The fourth-order valence-corrected chi connectivity index (χ4v) is 3.45. The molecule has 0 aromatic heterocycles. The molecular formula is C22H27N3O3. The number of ether oxygens (including phenoxy) is 1. The van der Waals surface area contributed by atoms with Gasteiger partial charge in [-0.1, -0.05) is 12.1 Å². The maximum Gasteiger partial charge on any atom is 0.248 e. The van der Waals surface area contributed by atoms with Gasteiger partial charge in [0.25, 0.3) is 0 Å². The molecule has 2 aromatic rings. The number of rotatable bonds is 7. The van der Waals surface area contributed by atoms with Crippen LogP contribution < -0.4 is 20.7 Å². The fraction of sp³-hybridized carbons (Fsp3) is 0.364. The molecule has 0 aliphatic carbocycles. The Morgan fingerprint density at radius 2 is 1.79 bits per heavy atom. The Bertz CT molecular complexity index is 827. The van der Waals surface area contributed by atoms with Crippen LogP contribution in [0.25, 0.3) is 0 Å². The number of nitrogens with two attached hydrogens (primary N) is 1. The number of hydrogen-bond acceptors (Lipinski definition) is 4. The van der Waals surface area contributed by atoms with Gasteiger partial charge in [-0.3, -0.25) is 9.59 Å². The second-order valence-electron chi connectivity index (χ2n) is 6.95. The van der Waals surface area contributed by atoms with Crippen molar-refractivity contribution in [2.75, 3.05) is 29.9 Å². The van der Waals surface area contributed by atoms with Crippen LogP contribution in [0.15, 0.2) is 42.5 Å². The number of carbonyl (C=O) groups is 2. The van der Waals surface area contributed by atoms with E-state index in [1.165, 1.54) is 6.42 Å². The van der Waals surface area contributed by atoms with E-state index < -0.39 is 5.91 Å². The summed E-state index contributed by atoms with van der Waals surface area (Å²) in [6.45, 7) is 4.42. The number of benzene rings is 2. The number of nitrogens with zero attached hydrogens (tertiary/aromatic N) is 1. The number of nitrogens with one attached hydrogen (secondary N) is 1. The Labute approximate surface area is 165 Å². The monoisotopic (exact) mass is 381 g/mol. The zero-order valence-corrected chi connectivity index (χ0v) is 16.2. The average molecular weight is 381 g/mol. The molecule has 148 valence electrons. The van der Waals surface area contributed by atoms with Crippen molar-refractivity contribution in [3.63, 3.8) is 0 Å². The van der Waals surface area contributed by atoms with E-state index in [-0.39, 0.29) is 12.3 Å². The van der Waals surface area contributed by atoms with Crippen LogP contribution in [0.2, 0.25) is 0 Å². The van der Waals surface area contributed by atoms with Crippen LogP contribution >= 0.6 is 0 Å². The van der Waals surface area contributed by atoms with E-state index in [0.717, 1.165) is 42.9 Å². The van der Waals surface area contributed by atoms with Gasteiger partial charge < -0.3 is 20.7 Å². The molecule has 2 amide bonds. The molecule has 1 saturated heterocycles. The van der Waals surface area contributed by atoms with E-state index in [1.54, 1.807) is 12.1 Å². The largest absolute Gasteiger partial charge is 0.494 e. The number of primary amides is 1. The third-order valence-corrected chi connectivity index (χ3v) is 4.85. The molecule has 1 aliphatic rings. The summed E-state index contributed by atoms with van der Waals surface area (Å²) in [5.41, 5.74) is 8.28. The topological polar surface area (TPSA) is 84.7 Å². The summed E-state index contributed by atoms with van der Waals surface area (Å²) in [5, 5.41) is 2.97. The number of carbonyl (C=O) groups excluding carboxylic acids is 2. The Hall–Kier alpha value is -3.02. The third-order valence-electron chi connectivity index (χ3n) is 4.85. The van der Waals surface area contributed by atoms with Gasteiger partial charge in [0, 0.05) is 18.7 Å². The molecular weight excluding hydrogens is 354 g/mol. The average Bonchev–Trinajstić information content (AvgIpc) is 2.70. The van der Waals surface area contributed by atoms with Gasteiger partial charge in [0.15, 0.2) is 0 Å². The first kappa shape index (κ1) is 19.7. The van der Waals surface area contributed by atoms with Crippen LogP contribution in [0.3, 0.4) is 0 Å². The molecule has 3 N–H and O–H groups in total. The van der Waals surface area contributed by atoms with E-state index in [0.29, 0.717) is 17.9 Å². The first-order valence-corrected chi connectivity index (χ1v) is 9.77. The Morgan fingerprint density at radius 1 is 1.07 bits per heavy atom. The lowest BCUT2D eigenvalue weighted by Gasteiger charge is -2.30. The van der Waals surface area contributed by atoms with Gasteiger partial charge in [-0.15, -0.1) is 0 Å². The zero-order chi connectivity index (χ0) is 19.9. The van der Waals surface area contributed by atoms with E-state index in [4.69, 9.17) is 10.5 Å². The second kappa shape index (κ2) is 9.26. The minimum Gasteiger partial charge on any atom is -0.494 e. The zero-order valence-electron chi connectivity index (χ0n) is 16.2. The van der Waals surface area contributed by atoms with E-state index in [2.05, 4.69) is 10.2 Å². The van der Waals surface area contributed by atoms with Crippen molar-refractivity contribution in [1.29, 1.82) is 0 Å². The Kier molecular flexibility index (Phi) is 6.53. The molecule has 0 unspecified atom stereocenters. The maximum atomic E-state index is 12.6. The molecule has 28 heavy (non-hydrogen) atoms. The minimum absolute atomic E-state index is 0.135. The number of piperidine rings is 1. The van der Waals surface area contributed by atoms with E-state index in [9.17, 15) is 9.59 Å². The molecule has 1 aliphatic heterocycles. The molecule has 6 heteroatoms. The van der Waals surface area contributed by atoms with Crippen LogP contribution in [-0.2, 0) is 11.2 Å².